The third-order valence-electron chi connectivity index (χ3n) is 1.95. The van der Waals surface area contributed by atoms with Crippen LogP contribution in [0.1, 0.15) is 17.8 Å². The fourth-order valence-electron chi connectivity index (χ4n) is 1.04. The van der Waals surface area contributed by atoms with E-state index >= 15 is 0 Å². The van der Waals surface area contributed by atoms with E-state index in [1.54, 1.807) is 24.3 Å². The van der Waals surface area contributed by atoms with Crippen LogP contribution in [0.2, 0.25) is 0 Å². The molecule has 0 amide bonds. The van der Waals surface area contributed by atoms with E-state index in [2.05, 4.69) is 9.72 Å². The molecule has 1 rings (SSSR count). The molecule has 1 heterocycles. The Morgan fingerprint density at radius 2 is 2.33 bits per heavy atom. The van der Waals surface area contributed by atoms with Crippen molar-refractivity contribution in [1.82, 2.24) is 4.98 Å². The Bertz CT molecular complexity index is 386. The van der Waals surface area contributed by atoms with E-state index in [9.17, 15) is 4.79 Å². The first-order chi connectivity index (χ1) is 7.13. The molecule has 4 nitrogen and oxygen atoms in total. The van der Waals surface area contributed by atoms with Crippen LogP contribution in [0, 0.1) is 6.92 Å². The van der Waals surface area contributed by atoms with Gasteiger partial charge in [-0.15, -0.1) is 0 Å². The number of nitrogens with zero attached hydrogens (tertiary/aromatic N) is 1. The number of carbonyl (C=O) groups excluding carboxylic acids is 1. The molecule has 0 saturated heterocycles. The lowest BCUT2D eigenvalue weighted by molar-refractivity contribution is -0.139. The highest BCUT2D eigenvalue weighted by Crippen LogP contribution is 2.09. The molecule has 0 aliphatic heterocycles. The van der Waals surface area contributed by atoms with Crippen LogP contribution in [0.5, 0.6) is 0 Å². The van der Waals surface area contributed by atoms with E-state index in [1.165, 1.54) is 7.11 Å². The van der Waals surface area contributed by atoms with Gasteiger partial charge in [-0.2, -0.15) is 0 Å². The second kappa shape index (κ2) is 5.14. The number of anilines is 1. The van der Waals surface area contributed by atoms with Crippen LogP contribution in [0.4, 0.5) is 5.69 Å². The third kappa shape index (κ3) is 3.42. The zero-order valence-corrected chi connectivity index (χ0v) is 8.86. The van der Waals surface area contributed by atoms with Gasteiger partial charge >= 0.3 is 5.97 Å². The number of carbonyl (C=O) groups is 1. The van der Waals surface area contributed by atoms with Crippen LogP contribution in [-0.2, 0) is 9.53 Å². The molecule has 0 aliphatic rings. The fraction of sp³-hybridized carbons (Fsp3) is 0.273. The van der Waals surface area contributed by atoms with Crippen molar-refractivity contribution in [2.24, 2.45) is 0 Å². The average molecular weight is 206 g/mol. The lowest BCUT2D eigenvalue weighted by Gasteiger charge is -1.99. The number of rotatable bonds is 3. The van der Waals surface area contributed by atoms with Gasteiger partial charge in [0.1, 0.15) is 0 Å². The minimum Gasteiger partial charge on any atom is -0.469 e. The first-order valence-corrected chi connectivity index (χ1v) is 4.60. The van der Waals surface area contributed by atoms with E-state index in [-0.39, 0.29) is 12.4 Å². The second-order valence-electron chi connectivity index (χ2n) is 3.09. The molecule has 15 heavy (non-hydrogen) atoms. The number of ether oxygens (including phenoxy) is 1. The van der Waals surface area contributed by atoms with Gasteiger partial charge in [-0.3, -0.25) is 9.78 Å². The second-order valence-corrected chi connectivity index (χ2v) is 3.09. The Kier molecular flexibility index (Phi) is 3.85. The van der Waals surface area contributed by atoms with Crippen molar-refractivity contribution in [2.75, 3.05) is 12.8 Å². The van der Waals surface area contributed by atoms with Crippen molar-refractivity contribution < 1.29 is 9.53 Å². The van der Waals surface area contributed by atoms with Gasteiger partial charge in [0, 0.05) is 0 Å². The summed E-state index contributed by atoms with van der Waals surface area (Å²) < 4.78 is 4.50. The summed E-state index contributed by atoms with van der Waals surface area (Å²) in [5, 5.41) is 0. The molecule has 0 bridgehead atoms. The lowest BCUT2D eigenvalue weighted by Crippen LogP contribution is -1.97. The summed E-state index contributed by atoms with van der Waals surface area (Å²) in [7, 11) is 1.36. The number of aromatic nitrogens is 1. The molecule has 80 valence electrons. The highest BCUT2D eigenvalue weighted by atomic mass is 16.5. The third-order valence-corrected chi connectivity index (χ3v) is 1.95. The Hall–Kier alpha value is -1.84. The largest absolute Gasteiger partial charge is 0.469 e. The van der Waals surface area contributed by atoms with Gasteiger partial charge in [-0.25, -0.2) is 0 Å². The molecule has 0 spiro atoms. The van der Waals surface area contributed by atoms with E-state index in [0.29, 0.717) is 5.69 Å². The number of nitrogen functional groups attached to an aromatic ring is 1. The summed E-state index contributed by atoms with van der Waals surface area (Å²) >= 11 is 0. The molecule has 0 radical (unpaired) electrons. The van der Waals surface area contributed by atoms with E-state index in [4.69, 9.17) is 5.73 Å². The number of methoxy groups -OCH3 is 1. The molecule has 2 N–H and O–H groups in total. The van der Waals surface area contributed by atoms with Gasteiger partial charge in [0.25, 0.3) is 0 Å². The first-order valence-electron chi connectivity index (χ1n) is 4.60. The minimum absolute atomic E-state index is 0.252. The molecular weight excluding hydrogens is 192 g/mol. The quantitative estimate of drug-likeness (QED) is 0.762. The minimum atomic E-state index is -0.265. The molecular formula is C11H14N2O2. The molecule has 1 aromatic heterocycles. The number of nitrogens with two attached hydrogens (primary N) is 1. The maximum Gasteiger partial charge on any atom is 0.309 e. The van der Waals surface area contributed by atoms with Crippen LogP contribution < -0.4 is 5.73 Å². The molecule has 0 fully saturated rings. The SMILES string of the molecule is COC(=O)CC=Cc1ccc(N)c(C)n1. The summed E-state index contributed by atoms with van der Waals surface area (Å²) in [6.07, 6.45) is 3.73. The summed E-state index contributed by atoms with van der Waals surface area (Å²) in [4.78, 5) is 15.0. The molecule has 0 aromatic carbocycles. The highest BCUT2D eigenvalue weighted by molar-refractivity contribution is 5.72. The predicted octanol–water partition coefficient (Wildman–Crippen LogP) is 1.55. The average Bonchev–Trinajstić information content (AvgIpc) is 2.23. The maximum atomic E-state index is 10.8. The van der Waals surface area contributed by atoms with Gasteiger partial charge in [-0.1, -0.05) is 6.08 Å². The van der Waals surface area contributed by atoms with E-state index in [0.717, 1.165) is 11.4 Å². The fourth-order valence-corrected chi connectivity index (χ4v) is 1.04. The Labute approximate surface area is 88.8 Å². The molecule has 4 heteroatoms. The van der Waals surface area contributed by atoms with E-state index in [1.807, 2.05) is 6.92 Å². The Morgan fingerprint density at radius 1 is 1.60 bits per heavy atom. The van der Waals surface area contributed by atoms with Crippen LogP contribution in [0.3, 0.4) is 0 Å². The zero-order chi connectivity index (χ0) is 11.3. The number of hydrogen-bond donors (Lipinski definition) is 1. The van der Waals surface area contributed by atoms with Gasteiger partial charge in [0.05, 0.1) is 30.6 Å². The topological polar surface area (TPSA) is 65.2 Å². The molecule has 0 atom stereocenters. The maximum absolute atomic E-state index is 10.8. The van der Waals surface area contributed by atoms with Gasteiger partial charge in [-0.05, 0) is 25.1 Å². The monoisotopic (exact) mass is 206 g/mol. The summed E-state index contributed by atoms with van der Waals surface area (Å²) in [5.41, 5.74) is 7.86. The van der Waals surface area contributed by atoms with Crippen molar-refractivity contribution in [3.05, 3.63) is 29.6 Å². The van der Waals surface area contributed by atoms with Gasteiger partial charge in [0.15, 0.2) is 0 Å². The molecule has 0 unspecified atom stereocenters. The smallest absolute Gasteiger partial charge is 0.309 e. The van der Waals surface area contributed by atoms with Gasteiger partial charge < -0.3 is 10.5 Å². The van der Waals surface area contributed by atoms with Crippen molar-refractivity contribution in [3.63, 3.8) is 0 Å². The van der Waals surface area contributed by atoms with Crippen molar-refractivity contribution in [2.45, 2.75) is 13.3 Å². The zero-order valence-electron chi connectivity index (χ0n) is 8.86. The van der Waals surface area contributed by atoms with Crippen molar-refractivity contribution in [1.29, 1.82) is 0 Å². The first kappa shape index (κ1) is 11.2. The summed E-state index contributed by atoms with van der Waals surface area (Å²) in [6, 6.07) is 3.59. The number of aryl methyl sites for hydroxylation is 1. The number of pyridine rings is 1. The summed E-state index contributed by atoms with van der Waals surface area (Å²) in [6.45, 7) is 1.84. The van der Waals surface area contributed by atoms with Crippen LogP contribution >= 0.6 is 0 Å². The Morgan fingerprint density at radius 3 is 2.93 bits per heavy atom. The highest BCUT2D eigenvalue weighted by Gasteiger charge is 1.97. The Balaban J connectivity index is 2.65. The molecule has 1 aromatic rings. The number of hydrogen-bond acceptors (Lipinski definition) is 4. The van der Waals surface area contributed by atoms with Crippen LogP contribution in [0.15, 0.2) is 18.2 Å². The van der Waals surface area contributed by atoms with Gasteiger partial charge in [0.2, 0.25) is 0 Å². The standard InChI is InChI=1S/C11H14N2O2/c1-8-10(12)7-6-9(13-8)4-3-5-11(14)15-2/h3-4,6-7H,5,12H2,1-2H3. The van der Waals surface area contributed by atoms with E-state index < -0.39 is 0 Å². The van der Waals surface area contributed by atoms with Crippen LogP contribution in [0.25, 0.3) is 6.08 Å². The molecule has 0 saturated carbocycles. The normalized spacial score (nSPS) is 10.5. The predicted molar refractivity (Wildman–Crippen MR) is 59.1 cm³/mol. The van der Waals surface area contributed by atoms with Crippen LogP contribution in [-0.4, -0.2) is 18.1 Å². The summed E-state index contributed by atoms with van der Waals surface area (Å²) in [5.74, 6) is -0.265. The lowest BCUT2D eigenvalue weighted by atomic mass is 10.2. The number of esters is 1. The van der Waals surface area contributed by atoms with Crippen molar-refractivity contribution in [3.8, 4) is 0 Å². The molecule has 0 aliphatic carbocycles. The van der Waals surface area contributed by atoms with Crippen molar-refractivity contribution >= 4 is 17.7 Å².